The monoisotopic (exact) mass is 561 g/mol. The van der Waals surface area contributed by atoms with E-state index in [-0.39, 0.29) is 23.4 Å². The summed E-state index contributed by atoms with van der Waals surface area (Å²) in [7, 11) is 1.31. The molecule has 0 aliphatic rings. The summed E-state index contributed by atoms with van der Waals surface area (Å²) in [5.74, 6) is -0.187. The molecule has 1 radical (unpaired) electrons. The van der Waals surface area contributed by atoms with Crippen molar-refractivity contribution in [3.63, 3.8) is 0 Å². The fourth-order valence-corrected chi connectivity index (χ4v) is 3.71. The lowest BCUT2D eigenvalue weighted by molar-refractivity contribution is -0.124. The molecule has 0 saturated carbocycles. The van der Waals surface area contributed by atoms with Gasteiger partial charge in [-0.05, 0) is 64.7 Å². The van der Waals surface area contributed by atoms with Crippen LogP contribution >= 0.6 is 22.9 Å². The van der Waals surface area contributed by atoms with Gasteiger partial charge in [-0.25, -0.2) is 0 Å². The normalized spacial score (nSPS) is 16.1. The van der Waals surface area contributed by atoms with E-state index in [1.54, 1.807) is 36.7 Å². The molecule has 181 valence electrons. The number of nitrogens with two attached hydrogens (primary N) is 1. The maximum absolute atomic E-state index is 12.5. The summed E-state index contributed by atoms with van der Waals surface area (Å²) in [4.78, 5) is 47.1. The lowest BCUT2D eigenvalue weighted by Crippen LogP contribution is -2.53. The van der Waals surface area contributed by atoms with Crippen molar-refractivity contribution in [3.8, 4) is 0 Å². The molecule has 0 aromatic carbocycles. The average Bonchev–Trinajstić information content (AvgIpc) is 2.72. The molecule has 3 atom stereocenters. The summed E-state index contributed by atoms with van der Waals surface area (Å²) in [5.41, 5.74) is 4.02. The average molecular weight is 561 g/mol. The van der Waals surface area contributed by atoms with Crippen molar-refractivity contribution >= 4 is 54.1 Å². The number of carbonyl (C=O) groups excluding carboxylic acids is 4. The van der Waals surface area contributed by atoms with Gasteiger partial charge in [0.05, 0.1) is 40.0 Å². The van der Waals surface area contributed by atoms with Crippen molar-refractivity contribution in [3.05, 3.63) is 12.2 Å². The van der Waals surface area contributed by atoms with Crippen molar-refractivity contribution in [2.45, 2.75) is 96.7 Å². The minimum Gasteiger partial charge on any atom is -0.347 e. The van der Waals surface area contributed by atoms with Crippen LogP contribution < -0.4 is 19.8 Å². The SMILES string of the molecule is CC(=O)N[C@@H](CC(C)C)C(=O)[B]N[C@](C)(C=O)CCC/C=C\CCC[C@](C)(N)C(=O)NI. The van der Waals surface area contributed by atoms with E-state index >= 15 is 0 Å². The molecule has 0 heterocycles. The van der Waals surface area contributed by atoms with E-state index in [1.165, 1.54) is 14.3 Å². The molecule has 0 aliphatic heterocycles. The van der Waals surface area contributed by atoms with Gasteiger partial charge in [0.15, 0.2) is 0 Å². The van der Waals surface area contributed by atoms with E-state index in [0.717, 1.165) is 32.0 Å². The fraction of sp³-hybridized carbons (Fsp3) is 0.727. The zero-order valence-electron chi connectivity index (χ0n) is 20.0. The van der Waals surface area contributed by atoms with E-state index in [2.05, 4.69) is 26.2 Å². The van der Waals surface area contributed by atoms with Gasteiger partial charge in [-0.2, -0.15) is 0 Å². The second kappa shape index (κ2) is 15.6. The first-order valence-corrected chi connectivity index (χ1v) is 12.2. The molecule has 5 N–H and O–H groups in total. The van der Waals surface area contributed by atoms with Crippen LogP contribution in [0.1, 0.15) is 79.6 Å². The number of halogens is 1. The molecule has 0 saturated heterocycles. The maximum Gasteiger partial charge on any atom is 0.298 e. The molecule has 2 amide bonds. The number of allylic oxidation sites excluding steroid dienone is 2. The first-order valence-electron chi connectivity index (χ1n) is 11.1. The largest absolute Gasteiger partial charge is 0.347 e. The van der Waals surface area contributed by atoms with Gasteiger partial charge < -0.3 is 25.9 Å². The van der Waals surface area contributed by atoms with Crippen LogP contribution in [-0.2, 0) is 19.2 Å². The molecule has 0 rings (SSSR count). The summed E-state index contributed by atoms with van der Waals surface area (Å²) >= 11 is 1.79. The smallest absolute Gasteiger partial charge is 0.298 e. The van der Waals surface area contributed by atoms with Crippen LogP contribution in [0.2, 0.25) is 0 Å². The second-order valence-corrected chi connectivity index (χ2v) is 9.75. The van der Waals surface area contributed by atoms with Crippen LogP contribution in [0.15, 0.2) is 12.2 Å². The minimum atomic E-state index is -0.867. The Hall–Kier alpha value is -1.27. The molecule has 0 aromatic rings. The fourth-order valence-electron chi connectivity index (χ4n) is 3.10. The Bertz CT molecular complexity index is 658. The number of hydrogen-bond acceptors (Lipinski definition) is 6. The molecular weight excluding hydrogens is 522 g/mol. The summed E-state index contributed by atoms with van der Waals surface area (Å²) < 4.78 is 2.54. The number of carbonyl (C=O) groups is 4. The molecule has 0 aromatic heterocycles. The lowest BCUT2D eigenvalue weighted by atomic mass is 9.76. The zero-order chi connectivity index (χ0) is 24.8. The molecule has 32 heavy (non-hydrogen) atoms. The predicted molar refractivity (Wildman–Crippen MR) is 137 cm³/mol. The number of nitrogens with one attached hydrogen (secondary N) is 3. The van der Waals surface area contributed by atoms with E-state index in [9.17, 15) is 19.2 Å². The number of rotatable bonds is 17. The van der Waals surface area contributed by atoms with Gasteiger partial charge in [0.2, 0.25) is 11.8 Å². The highest BCUT2D eigenvalue weighted by Crippen LogP contribution is 2.14. The van der Waals surface area contributed by atoms with Crippen molar-refractivity contribution in [1.29, 1.82) is 0 Å². The quantitative estimate of drug-likeness (QED) is 0.0539. The second-order valence-electron chi connectivity index (χ2n) is 9.21. The van der Waals surface area contributed by atoms with Crippen LogP contribution in [0.3, 0.4) is 0 Å². The number of hydrogen-bond donors (Lipinski definition) is 4. The molecule has 8 nitrogen and oxygen atoms in total. The van der Waals surface area contributed by atoms with Gasteiger partial charge in [0.1, 0.15) is 12.0 Å². The van der Waals surface area contributed by atoms with Gasteiger partial charge >= 0.3 is 0 Å². The van der Waals surface area contributed by atoms with Crippen LogP contribution in [-0.4, -0.2) is 48.3 Å². The first kappa shape index (κ1) is 30.7. The Morgan fingerprint density at radius 2 is 1.66 bits per heavy atom. The van der Waals surface area contributed by atoms with Gasteiger partial charge in [-0.3, -0.25) is 13.1 Å². The molecule has 0 aliphatic carbocycles. The topological polar surface area (TPSA) is 130 Å². The molecule has 0 unspecified atom stereocenters. The zero-order valence-corrected chi connectivity index (χ0v) is 22.2. The van der Waals surface area contributed by atoms with Gasteiger partial charge in [-0.15, -0.1) is 0 Å². The van der Waals surface area contributed by atoms with Gasteiger partial charge in [0.25, 0.3) is 7.41 Å². The Morgan fingerprint density at radius 1 is 1.09 bits per heavy atom. The summed E-state index contributed by atoms with van der Waals surface area (Å²) in [6, 6.07) is -0.600. The maximum atomic E-state index is 12.5. The van der Waals surface area contributed by atoms with E-state index in [0.29, 0.717) is 19.3 Å². The van der Waals surface area contributed by atoms with Crippen molar-refractivity contribution < 1.29 is 19.2 Å². The summed E-state index contributed by atoms with van der Waals surface area (Å²) in [6.45, 7) is 8.82. The Labute approximate surface area is 207 Å². The summed E-state index contributed by atoms with van der Waals surface area (Å²) in [5, 5.41) is 5.62. The first-order chi connectivity index (χ1) is 14.9. The molecule has 0 fully saturated rings. The number of amides is 2. The highest BCUT2D eigenvalue weighted by molar-refractivity contribution is 14.1. The number of unbranched alkanes of at least 4 members (excludes halogenated alkanes) is 2. The third-order valence-electron chi connectivity index (χ3n) is 5.14. The van der Waals surface area contributed by atoms with Gasteiger partial charge in [0, 0.05) is 6.92 Å². The third-order valence-corrected chi connectivity index (χ3v) is 5.63. The third kappa shape index (κ3) is 13.3. The van der Waals surface area contributed by atoms with Crippen molar-refractivity contribution in [1.82, 2.24) is 14.1 Å². The van der Waals surface area contributed by atoms with Gasteiger partial charge in [-0.1, -0.05) is 26.0 Å². The Kier molecular flexibility index (Phi) is 14.9. The van der Waals surface area contributed by atoms with Crippen LogP contribution in [0.5, 0.6) is 0 Å². The Morgan fingerprint density at radius 3 is 2.12 bits per heavy atom. The lowest BCUT2D eigenvalue weighted by Gasteiger charge is -2.26. The van der Waals surface area contributed by atoms with E-state index in [4.69, 9.17) is 5.73 Å². The number of aldehydes is 1. The predicted octanol–water partition coefficient (Wildman–Crippen LogP) is 2.31. The Balaban J connectivity index is 4.39. The van der Waals surface area contributed by atoms with Crippen LogP contribution in [0.4, 0.5) is 0 Å². The van der Waals surface area contributed by atoms with Crippen molar-refractivity contribution in [2.24, 2.45) is 11.7 Å². The van der Waals surface area contributed by atoms with E-state index < -0.39 is 17.1 Å². The molecular formula is C22H39BIN4O4. The minimum absolute atomic E-state index is 0.175. The molecule has 0 spiro atoms. The molecule has 0 bridgehead atoms. The highest BCUT2D eigenvalue weighted by atomic mass is 127. The standard InChI is InChI=1S/C22H39BIN4O4/c1-16(2)14-18(26-17(3)30)19(31)23-28-21(4,15-29)12-10-8-6-7-9-11-13-22(5,25)20(32)27-24/h6-7,15-16,18,28H,8-14,25H2,1-5H3,(H,26,30)(H,27,32)/b7-6-/t18-,21-,22-/m0/s1. The molecule has 10 heteroatoms. The summed E-state index contributed by atoms with van der Waals surface area (Å²) in [6.07, 6.45) is 9.84. The highest BCUT2D eigenvalue weighted by Gasteiger charge is 2.28. The van der Waals surface area contributed by atoms with Crippen LogP contribution in [0, 0.1) is 5.92 Å². The van der Waals surface area contributed by atoms with Crippen molar-refractivity contribution in [2.75, 3.05) is 0 Å². The van der Waals surface area contributed by atoms with E-state index in [1.807, 2.05) is 13.8 Å². The van der Waals surface area contributed by atoms with Crippen LogP contribution in [0.25, 0.3) is 0 Å².